The molecular formula is C11H20N2OS2. The molecule has 0 bridgehead atoms. The van der Waals surface area contributed by atoms with Gasteiger partial charge in [-0.15, -0.1) is 0 Å². The molecule has 0 radical (unpaired) electrons. The second kappa shape index (κ2) is 6.37. The summed E-state index contributed by atoms with van der Waals surface area (Å²) >= 11 is 1.57. The molecule has 16 heavy (non-hydrogen) atoms. The van der Waals surface area contributed by atoms with Gasteiger partial charge in [0.2, 0.25) is 0 Å². The molecular weight excluding hydrogens is 240 g/mol. The zero-order valence-corrected chi connectivity index (χ0v) is 11.8. The van der Waals surface area contributed by atoms with Gasteiger partial charge >= 0.3 is 0 Å². The number of hydrogen-bond donors (Lipinski definition) is 0. The molecule has 1 rings (SSSR count). The molecule has 5 heteroatoms. The molecule has 1 aromatic rings. The Kier molecular flexibility index (Phi) is 5.44. The van der Waals surface area contributed by atoms with Gasteiger partial charge in [-0.25, -0.2) is 8.57 Å². The van der Waals surface area contributed by atoms with Crippen molar-refractivity contribution in [2.75, 3.05) is 32.4 Å². The molecule has 1 heterocycles. The fourth-order valence-corrected chi connectivity index (χ4v) is 3.82. The van der Waals surface area contributed by atoms with Gasteiger partial charge in [-0.05, 0) is 24.5 Å². The Balaban J connectivity index is 2.60. The van der Waals surface area contributed by atoms with Gasteiger partial charge in [0.1, 0.15) is 0 Å². The molecule has 1 aromatic heterocycles. The smallest absolute Gasteiger partial charge is 0.0731 e. The van der Waals surface area contributed by atoms with E-state index in [1.807, 2.05) is 16.8 Å². The second-order valence-corrected chi connectivity index (χ2v) is 6.76. The van der Waals surface area contributed by atoms with E-state index < -0.39 is 9.73 Å². The van der Waals surface area contributed by atoms with Gasteiger partial charge in [-0.3, -0.25) is 0 Å². The van der Waals surface area contributed by atoms with Crippen molar-refractivity contribution in [1.29, 1.82) is 0 Å². The van der Waals surface area contributed by atoms with E-state index in [0.29, 0.717) is 6.54 Å². The highest BCUT2D eigenvalue weighted by molar-refractivity contribution is 7.93. The van der Waals surface area contributed by atoms with Crippen LogP contribution in [0.4, 0.5) is 0 Å². The summed E-state index contributed by atoms with van der Waals surface area (Å²) in [5.41, 5.74) is 0. The minimum atomic E-state index is -2.17. The average molecular weight is 260 g/mol. The molecule has 0 aromatic carbocycles. The Morgan fingerprint density at radius 2 is 2.12 bits per heavy atom. The summed E-state index contributed by atoms with van der Waals surface area (Å²) in [6, 6.07) is 1.90. The van der Waals surface area contributed by atoms with Crippen LogP contribution in [0.25, 0.3) is 0 Å². The number of thiophene rings is 1. The zero-order chi connectivity index (χ0) is 12.0. The zero-order valence-electron chi connectivity index (χ0n) is 10.2. The Labute approximate surface area is 103 Å². The fourth-order valence-electron chi connectivity index (χ4n) is 1.44. The third kappa shape index (κ3) is 3.88. The van der Waals surface area contributed by atoms with Crippen molar-refractivity contribution in [3.8, 4) is 0 Å². The molecule has 0 amide bonds. The summed E-state index contributed by atoms with van der Waals surface area (Å²) in [4.78, 5) is 3.14. The van der Waals surface area contributed by atoms with E-state index in [4.69, 9.17) is 0 Å². The topological polar surface area (TPSA) is 32.7 Å². The highest BCUT2D eigenvalue weighted by Gasteiger charge is 2.05. The fraction of sp³-hybridized carbons (Fsp3) is 0.636. The van der Waals surface area contributed by atoms with Crippen molar-refractivity contribution in [2.45, 2.75) is 18.7 Å². The van der Waals surface area contributed by atoms with E-state index in [-0.39, 0.29) is 0 Å². The van der Waals surface area contributed by atoms with Crippen molar-refractivity contribution in [3.63, 3.8) is 0 Å². The lowest BCUT2D eigenvalue weighted by molar-refractivity contribution is 0.313. The van der Waals surface area contributed by atoms with Gasteiger partial charge in [0.25, 0.3) is 0 Å². The van der Waals surface area contributed by atoms with Gasteiger partial charge in [0.15, 0.2) is 0 Å². The van der Waals surface area contributed by atoms with Crippen molar-refractivity contribution in [1.82, 2.24) is 4.90 Å². The molecule has 92 valence electrons. The van der Waals surface area contributed by atoms with Crippen LogP contribution in [0.1, 0.15) is 13.8 Å². The third-order valence-corrected chi connectivity index (χ3v) is 5.22. The lowest BCUT2D eigenvalue weighted by Crippen LogP contribution is -2.25. The molecule has 1 atom stereocenters. The molecule has 1 unspecified atom stereocenters. The summed E-state index contributed by atoms with van der Waals surface area (Å²) in [7, 11) is -2.17. The number of hydrogen-bond acceptors (Lipinski definition) is 4. The molecule has 0 saturated heterocycles. The number of nitrogens with zero attached hydrogens (tertiary/aromatic N) is 2. The van der Waals surface area contributed by atoms with Crippen LogP contribution in [0.5, 0.6) is 0 Å². The molecule has 0 aliphatic carbocycles. The largest absolute Gasteiger partial charge is 0.302 e. The predicted octanol–water partition coefficient (Wildman–Crippen LogP) is 2.55. The number of likely N-dealkylation sites (N-methyl/N-ethyl adjacent to an activating group) is 1. The monoisotopic (exact) mass is 260 g/mol. The van der Waals surface area contributed by atoms with E-state index >= 15 is 0 Å². The standard InChI is InChI=1S/C11H20N2OS2/c1-4-13(5-2)8-7-12-16(3,14)11-6-9-15-10-11/h6,9-10H,4-5,7-8H2,1-3H3. The molecule has 0 N–H and O–H groups in total. The van der Waals surface area contributed by atoms with Crippen molar-refractivity contribution in [2.24, 2.45) is 4.36 Å². The van der Waals surface area contributed by atoms with Crippen LogP contribution >= 0.6 is 11.3 Å². The highest BCUT2D eigenvalue weighted by atomic mass is 32.2. The van der Waals surface area contributed by atoms with Gasteiger partial charge < -0.3 is 4.90 Å². The van der Waals surface area contributed by atoms with Crippen LogP contribution in [0, 0.1) is 0 Å². The Bertz CT molecular complexity index is 402. The maximum absolute atomic E-state index is 12.2. The first-order chi connectivity index (χ1) is 7.60. The van der Waals surface area contributed by atoms with Crippen LogP contribution in [0.3, 0.4) is 0 Å². The molecule has 0 saturated carbocycles. The van der Waals surface area contributed by atoms with Gasteiger partial charge in [-0.1, -0.05) is 13.8 Å². The minimum absolute atomic E-state index is 0.646. The quantitative estimate of drug-likeness (QED) is 0.787. The first kappa shape index (κ1) is 13.7. The molecule has 0 aliphatic rings. The molecule has 0 fully saturated rings. The third-order valence-electron chi connectivity index (χ3n) is 2.58. The molecule has 0 spiro atoms. The van der Waals surface area contributed by atoms with Gasteiger partial charge in [-0.2, -0.15) is 11.3 Å². The predicted molar refractivity (Wildman–Crippen MR) is 71.7 cm³/mol. The van der Waals surface area contributed by atoms with E-state index in [2.05, 4.69) is 23.1 Å². The summed E-state index contributed by atoms with van der Waals surface area (Å²) in [5.74, 6) is 0. The first-order valence-electron chi connectivity index (χ1n) is 5.52. The summed E-state index contributed by atoms with van der Waals surface area (Å²) in [6.45, 7) is 7.84. The summed E-state index contributed by atoms with van der Waals surface area (Å²) < 4.78 is 16.6. The van der Waals surface area contributed by atoms with Crippen LogP contribution < -0.4 is 0 Å². The highest BCUT2D eigenvalue weighted by Crippen LogP contribution is 2.14. The van der Waals surface area contributed by atoms with Crippen molar-refractivity contribution >= 4 is 21.1 Å². The average Bonchev–Trinajstić information content (AvgIpc) is 2.78. The summed E-state index contributed by atoms with van der Waals surface area (Å²) in [5, 5.41) is 3.86. The Morgan fingerprint density at radius 3 is 2.62 bits per heavy atom. The van der Waals surface area contributed by atoms with E-state index in [0.717, 1.165) is 24.5 Å². The minimum Gasteiger partial charge on any atom is -0.302 e. The van der Waals surface area contributed by atoms with E-state index in [9.17, 15) is 4.21 Å². The normalized spacial score (nSPS) is 15.0. The number of rotatable bonds is 6. The SMILES string of the molecule is CCN(CC)CCN=S(C)(=O)c1ccsc1. The lowest BCUT2D eigenvalue weighted by Gasteiger charge is -2.16. The van der Waals surface area contributed by atoms with Crippen LogP contribution in [0.15, 0.2) is 26.1 Å². The van der Waals surface area contributed by atoms with Gasteiger partial charge in [0, 0.05) is 18.2 Å². The molecule has 0 aliphatic heterocycles. The van der Waals surface area contributed by atoms with Crippen molar-refractivity contribution in [3.05, 3.63) is 16.8 Å². The van der Waals surface area contributed by atoms with Crippen LogP contribution in [-0.4, -0.2) is 41.5 Å². The van der Waals surface area contributed by atoms with E-state index in [1.165, 1.54) is 0 Å². The lowest BCUT2D eigenvalue weighted by atomic mass is 10.5. The maximum atomic E-state index is 12.2. The molecule has 3 nitrogen and oxygen atoms in total. The second-order valence-electron chi connectivity index (χ2n) is 3.64. The van der Waals surface area contributed by atoms with E-state index in [1.54, 1.807) is 17.6 Å². The maximum Gasteiger partial charge on any atom is 0.0731 e. The first-order valence-corrected chi connectivity index (χ1v) is 8.39. The van der Waals surface area contributed by atoms with Gasteiger partial charge in [0.05, 0.1) is 21.2 Å². The van der Waals surface area contributed by atoms with Crippen LogP contribution in [0.2, 0.25) is 0 Å². The Morgan fingerprint density at radius 1 is 1.44 bits per heavy atom. The van der Waals surface area contributed by atoms with Crippen molar-refractivity contribution < 1.29 is 4.21 Å². The Hall–Kier alpha value is -0.390. The van der Waals surface area contributed by atoms with Crippen LogP contribution in [-0.2, 0) is 9.73 Å². The summed E-state index contributed by atoms with van der Waals surface area (Å²) in [6.07, 6.45) is 1.72.